The van der Waals surface area contributed by atoms with Gasteiger partial charge < -0.3 is 14.5 Å². The number of amides is 1. The molecule has 1 fully saturated rings. The van der Waals surface area contributed by atoms with E-state index in [1.165, 1.54) is 30.1 Å². The van der Waals surface area contributed by atoms with Gasteiger partial charge in [0.2, 0.25) is 0 Å². The second-order valence-corrected chi connectivity index (χ2v) is 7.73. The van der Waals surface area contributed by atoms with Gasteiger partial charge in [-0.3, -0.25) is 4.79 Å². The van der Waals surface area contributed by atoms with Gasteiger partial charge in [0.25, 0.3) is 5.91 Å². The molecule has 0 N–H and O–H groups in total. The highest BCUT2D eigenvalue weighted by molar-refractivity contribution is 5.95. The van der Waals surface area contributed by atoms with E-state index in [0.717, 1.165) is 17.7 Å². The number of aromatic nitrogens is 2. The number of ether oxygens (including phenoxy) is 1. The van der Waals surface area contributed by atoms with Crippen LogP contribution in [0.3, 0.4) is 0 Å². The highest BCUT2D eigenvalue weighted by Gasteiger charge is 2.34. The molecule has 6 nitrogen and oxygen atoms in total. The molecule has 4 rings (SSSR count). The van der Waals surface area contributed by atoms with Crippen molar-refractivity contribution in [3.8, 4) is 11.4 Å². The van der Waals surface area contributed by atoms with Gasteiger partial charge in [0.15, 0.2) is 11.4 Å². The van der Waals surface area contributed by atoms with Crippen molar-refractivity contribution in [1.82, 2.24) is 19.6 Å². The third-order valence-electron chi connectivity index (χ3n) is 5.57. The Morgan fingerprint density at radius 1 is 1.09 bits per heavy atom. The number of benzene rings is 2. The Bertz CT molecular complexity index is 1100. The van der Waals surface area contributed by atoms with Crippen LogP contribution in [0, 0.1) is 0 Å². The molecule has 9 heteroatoms. The van der Waals surface area contributed by atoms with Crippen LogP contribution in [0.4, 0.5) is 13.2 Å². The summed E-state index contributed by atoms with van der Waals surface area (Å²) in [5.41, 5.74) is 0.467. The van der Waals surface area contributed by atoms with E-state index in [-0.39, 0.29) is 29.1 Å². The summed E-state index contributed by atoms with van der Waals surface area (Å²) in [6, 6.07) is 14.3. The van der Waals surface area contributed by atoms with E-state index in [4.69, 9.17) is 4.74 Å². The predicted octanol–water partition coefficient (Wildman–Crippen LogP) is 4.03. The molecule has 3 aromatic rings. The van der Waals surface area contributed by atoms with Crippen LogP contribution in [-0.2, 0) is 6.18 Å². The zero-order valence-electron chi connectivity index (χ0n) is 17.7. The zero-order valence-corrected chi connectivity index (χ0v) is 17.7. The van der Waals surface area contributed by atoms with Crippen molar-refractivity contribution in [3.63, 3.8) is 0 Å². The van der Waals surface area contributed by atoms with E-state index >= 15 is 0 Å². The first-order chi connectivity index (χ1) is 15.3. The van der Waals surface area contributed by atoms with Crippen molar-refractivity contribution in [1.29, 1.82) is 0 Å². The van der Waals surface area contributed by atoms with E-state index in [9.17, 15) is 18.0 Å². The Kier molecular flexibility index (Phi) is 5.92. The number of piperazine rings is 1. The van der Waals surface area contributed by atoms with E-state index < -0.39 is 11.7 Å². The third-order valence-corrected chi connectivity index (χ3v) is 5.57. The first kappa shape index (κ1) is 21.9. The molecule has 1 aliphatic heterocycles. The fourth-order valence-corrected chi connectivity index (χ4v) is 3.87. The van der Waals surface area contributed by atoms with Crippen molar-refractivity contribution in [3.05, 3.63) is 77.6 Å². The second kappa shape index (κ2) is 8.66. The Labute approximate surface area is 183 Å². The van der Waals surface area contributed by atoms with Gasteiger partial charge in [0, 0.05) is 19.6 Å². The standard InChI is InChI=1S/C23H23F3N4O2/c1-28-11-12-29(19(14-28)16-7-4-3-5-8-16)22(31)21-20(32-2)15-30(27-21)18-10-6-9-17(13-18)23(24,25)26/h3-10,13,15,19H,11-12,14H2,1-2H3. The minimum atomic E-state index is -4.48. The molecule has 2 heterocycles. The number of hydrogen-bond donors (Lipinski definition) is 0. The van der Waals surface area contributed by atoms with Gasteiger partial charge in [-0.05, 0) is 30.8 Å². The molecule has 32 heavy (non-hydrogen) atoms. The predicted molar refractivity (Wildman–Crippen MR) is 113 cm³/mol. The molecule has 0 spiro atoms. The van der Waals surface area contributed by atoms with E-state index in [1.54, 1.807) is 4.90 Å². The molecular weight excluding hydrogens is 421 g/mol. The molecule has 0 saturated carbocycles. The first-order valence-electron chi connectivity index (χ1n) is 10.1. The van der Waals surface area contributed by atoms with Crippen LogP contribution in [0.15, 0.2) is 60.8 Å². The molecule has 168 valence electrons. The Morgan fingerprint density at radius 3 is 2.53 bits per heavy atom. The van der Waals surface area contributed by atoms with Crippen LogP contribution in [-0.4, -0.2) is 59.3 Å². The molecule has 2 aromatic carbocycles. The summed E-state index contributed by atoms with van der Waals surface area (Å²) in [5.74, 6) is -0.118. The van der Waals surface area contributed by atoms with Crippen molar-refractivity contribution >= 4 is 5.91 Å². The van der Waals surface area contributed by atoms with Gasteiger partial charge in [0.05, 0.1) is 30.6 Å². The van der Waals surface area contributed by atoms with Crippen LogP contribution >= 0.6 is 0 Å². The molecule has 0 bridgehead atoms. The van der Waals surface area contributed by atoms with Crippen molar-refractivity contribution < 1.29 is 22.7 Å². The number of hydrogen-bond acceptors (Lipinski definition) is 4. The number of alkyl halides is 3. The number of carbonyl (C=O) groups excluding carboxylic acids is 1. The van der Waals surface area contributed by atoms with Crippen molar-refractivity contribution in [2.75, 3.05) is 33.8 Å². The Hall–Kier alpha value is -3.33. The van der Waals surface area contributed by atoms with E-state index in [0.29, 0.717) is 19.6 Å². The monoisotopic (exact) mass is 444 g/mol. The second-order valence-electron chi connectivity index (χ2n) is 7.73. The van der Waals surface area contributed by atoms with E-state index in [2.05, 4.69) is 10.00 Å². The smallest absolute Gasteiger partial charge is 0.416 e. The molecule has 1 saturated heterocycles. The normalized spacial score (nSPS) is 17.4. The lowest BCUT2D eigenvalue weighted by Gasteiger charge is -2.40. The minimum absolute atomic E-state index is 0.0652. The Balaban J connectivity index is 1.69. The van der Waals surface area contributed by atoms with Crippen molar-refractivity contribution in [2.45, 2.75) is 12.2 Å². The van der Waals surface area contributed by atoms with Crippen molar-refractivity contribution in [2.24, 2.45) is 0 Å². The van der Waals surface area contributed by atoms with Crippen LogP contribution in [0.25, 0.3) is 5.69 Å². The lowest BCUT2D eigenvalue weighted by atomic mass is 10.0. The topological polar surface area (TPSA) is 50.6 Å². The quantitative estimate of drug-likeness (QED) is 0.610. The fourth-order valence-electron chi connectivity index (χ4n) is 3.87. The molecule has 1 atom stereocenters. The average molecular weight is 444 g/mol. The van der Waals surface area contributed by atoms with Gasteiger partial charge >= 0.3 is 6.18 Å². The molecule has 1 unspecified atom stereocenters. The summed E-state index contributed by atoms with van der Waals surface area (Å²) in [5, 5.41) is 4.32. The largest absolute Gasteiger partial charge is 0.493 e. The van der Waals surface area contributed by atoms with Crippen LogP contribution in [0.5, 0.6) is 5.75 Å². The Morgan fingerprint density at radius 2 is 1.84 bits per heavy atom. The van der Waals surface area contributed by atoms with Gasteiger partial charge in [-0.2, -0.15) is 18.3 Å². The van der Waals surface area contributed by atoms with Crippen LogP contribution < -0.4 is 4.74 Å². The molecular formula is C23H23F3N4O2. The highest BCUT2D eigenvalue weighted by atomic mass is 19.4. The maximum absolute atomic E-state index is 13.5. The zero-order chi connectivity index (χ0) is 22.9. The lowest BCUT2D eigenvalue weighted by molar-refractivity contribution is -0.137. The molecule has 0 aliphatic carbocycles. The average Bonchev–Trinajstić information content (AvgIpc) is 3.23. The van der Waals surface area contributed by atoms with E-state index in [1.807, 2.05) is 37.4 Å². The number of methoxy groups -OCH3 is 1. The number of carbonyl (C=O) groups is 1. The van der Waals surface area contributed by atoms with Gasteiger partial charge in [-0.25, -0.2) is 4.68 Å². The number of likely N-dealkylation sites (N-methyl/N-ethyl adjacent to an activating group) is 1. The fraction of sp³-hybridized carbons (Fsp3) is 0.304. The summed E-state index contributed by atoms with van der Waals surface area (Å²) < 4.78 is 46.0. The number of rotatable bonds is 4. The number of nitrogens with zero attached hydrogens (tertiary/aromatic N) is 4. The first-order valence-corrected chi connectivity index (χ1v) is 10.1. The molecule has 1 aromatic heterocycles. The van der Waals surface area contributed by atoms with Gasteiger partial charge in [-0.15, -0.1) is 0 Å². The summed E-state index contributed by atoms with van der Waals surface area (Å²) >= 11 is 0. The maximum Gasteiger partial charge on any atom is 0.416 e. The molecule has 1 aliphatic rings. The number of halogens is 3. The highest BCUT2D eigenvalue weighted by Crippen LogP contribution is 2.32. The maximum atomic E-state index is 13.5. The summed E-state index contributed by atoms with van der Waals surface area (Å²) in [7, 11) is 3.41. The summed E-state index contributed by atoms with van der Waals surface area (Å²) in [6.45, 7) is 1.85. The van der Waals surface area contributed by atoms with Crippen LogP contribution in [0.2, 0.25) is 0 Å². The molecule has 1 amide bonds. The SMILES string of the molecule is COc1cn(-c2cccc(C(F)(F)F)c2)nc1C(=O)N1CCN(C)CC1c1ccccc1. The minimum Gasteiger partial charge on any atom is -0.493 e. The van der Waals surface area contributed by atoms with Gasteiger partial charge in [0.1, 0.15) is 0 Å². The lowest BCUT2D eigenvalue weighted by Crippen LogP contribution is -2.49. The third kappa shape index (κ3) is 4.34. The summed E-state index contributed by atoms with van der Waals surface area (Å²) in [6.07, 6.45) is -3.05. The van der Waals surface area contributed by atoms with Crippen LogP contribution in [0.1, 0.15) is 27.7 Å². The molecule has 0 radical (unpaired) electrons. The van der Waals surface area contributed by atoms with Gasteiger partial charge in [-0.1, -0.05) is 36.4 Å². The summed E-state index contributed by atoms with van der Waals surface area (Å²) in [4.78, 5) is 17.4.